The van der Waals surface area contributed by atoms with E-state index in [1.165, 1.54) is 18.1 Å². The lowest BCUT2D eigenvalue weighted by atomic mass is 9.95. The van der Waals surface area contributed by atoms with Crippen molar-refractivity contribution in [3.63, 3.8) is 0 Å². The molecule has 4 rings (SSSR count). The Morgan fingerprint density at radius 3 is 2.59 bits per heavy atom. The van der Waals surface area contributed by atoms with Crippen LogP contribution >= 0.6 is 11.6 Å². The molecule has 0 bridgehead atoms. The van der Waals surface area contributed by atoms with Crippen LogP contribution in [0.2, 0.25) is 5.02 Å². The fraction of sp³-hybridized carbons (Fsp3) is 0.208. The number of hydrogen-bond donors (Lipinski definition) is 1. The van der Waals surface area contributed by atoms with Crippen LogP contribution in [-0.2, 0) is 16.1 Å². The predicted octanol–water partition coefficient (Wildman–Crippen LogP) is 4.06. The minimum Gasteiger partial charge on any atom is -0.507 e. The molecule has 1 unspecified atom stereocenters. The summed E-state index contributed by atoms with van der Waals surface area (Å²) >= 11 is 6.22. The van der Waals surface area contributed by atoms with Crippen molar-refractivity contribution < 1.29 is 19.4 Å². The molecule has 0 radical (unpaired) electrons. The van der Waals surface area contributed by atoms with Gasteiger partial charge in [0, 0.05) is 31.0 Å². The molecule has 164 valence electrons. The highest BCUT2D eigenvalue weighted by Crippen LogP contribution is 2.40. The van der Waals surface area contributed by atoms with Crippen LogP contribution in [0, 0.1) is 0 Å². The van der Waals surface area contributed by atoms with Crippen LogP contribution in [0.4, 0.5) is 0 Å². The average molecular weight is 452 g/mol. The van der Waals surface area contributed by atoms with E-state index in [0.29, 0.717) is 35.8 Å². The fourth-order valence-corrected chi connectivity index (χ4v) is 4.16. The van der Waals surface area contributed by atoms with Gasteiger partial charge in [-0.1, -0.05) is 41.9 Å². The Bertz CT molecular complexity index is 1160. The van der Waals surface area contributed by atoms with Crippen LogP contribution in [0.1, 0.15) is 23.6 Å². The van der Waals surface area contributed by atoms with E-state index >= 15 is 0 Å². The number of aliphatic hydroxyl groups excluding tert-OH is 1. The van der Waals surface area contributed by atoms with Gasteiger partial charge in [-0.3, -0.25) is 9.59 Å². The van der Waals surface area contributed by atoms with Gasteiger partial charge < -0.3 is 19.3 Å². The molecule has 1 aliphatic heterocycles. The number of ketones is 1. The molecule has 1 atom stereocenters. The molecule has 0 saturated carbocycles. The molecule has 2 heterocycles. The lowest BCUT2D eigenvalue weighted by Gasteiger charge is -2.25. The second kappa shape index (κ2) is 9.28. The maximum absolute atomic E-state index is 13.0. The zero-order chi connectivity index (χ0) is 22.7. The summed E-state index contributed by atoms with van der Waals surface area (Å²) in [7, 11) is 1.49. The van der Waals surface area contributed by atoms with Crippen molar-refractivity contribution in [3.8, 4) is 5.75 Å². The Labute approximate surface area is 190 Å². The highest BCUT2D eigenvalue weighted by atomic mass is 35.5. The molecular formula is C24H22ClN3O4. The molecule has 1 N–H and O–H groups in total. The van der Waals surface area contributed by atoms with Crippen molar-refractivity contribution in [3.05, 3.63) is 89.0 Å². The van der Waals surface area contributed by atoms with Gasteiger partial charge in [-0.25, -0.2) is 4.98 Å². The summed E-state index contributed by atoms with van der Waals surface area (Å²) in [5.41, 5.74) is 1.13. The Morgan fingerprint density at radius 1 is 1.16 bits per heavy atom. The van der Waals surface area contributed by atoms with Gasteiger partial charge in [0.15, 0.2) is 0 Å². The van der Waals surface area contributed by atoms with E-state index in [1.54, 1.807) is 24.7 Å². The third-order valence-electron chi connectivity index (χ3n) is 5.46. The average Bonchev–Trinajstić information content (AvgIpc) is 3.41. The molecule has 1 saturated heterocycles. The van der Waals surface area contributed by atoms with E-state index < -0.39 is 17.7 Å². The molecule has 1 fully saturated rings. The van der Waals surface area contributed by atoms with Crippen LogP contribution in [0.5, 0.6) is 5.75 Å². The number of halogens is 1. The minimum atomic E-state index is -0.717. The first-order valence-corrected chi connectivity index (χ1v) is 10.5. The number of carbonyl (C=O) groups is 2. The Kier molecular flexibility index (Phi) is 6.28. The lowest BCUT2D eigenvalue weighted by molar-refractivity contribution is -0.139. The third-order valence-corrected chi connectivity index (χ3v) is 5.75. The van der Waals surface area contributed by atoms with Crippen molar-refractivity contribution in [2.45, 2.75) is 19.0 Å². The number of rotatable bonds is 7. The van der Waals surface area contributed by atoms with Gasteiger partial charge in [0.25, 0.3) is 11.7 Å². The Hall–Kier alpha value is -3.58. The van der Waals surface area contributed by atoms with Gasteiger partial charge in [0.1, 0.15) is 11.5 Å². The van der Waals surface area contributed by atoms with Gasteiger partial charge in [0.2, 0.25) is 0 Å². The minimum absolute atomic E-state index is 0.0464. The molecule has 32 heavy (non-hydrogen) atoms. The molecule has 0 aliphatic carbocycles. The first-order chi connectivity index (χ1) is 15.5. The zero-order valence-electron chi connectivity index (χ0n) is 17.4. The number of likely N-dealkylation sites (tertiary alicyclic amines) is 1. The summed E-state index contributed by atoms with van der Waals surface area (Å²) in [4.78, 5) is 31.5. The third kappa shape index (κ3) is 4.11. The summed E-state index contributed by atoms with van der Waals surface area (Å²) in [5.74, 6) is -1.17. The van der Waals surface area contributed by atoms with Gasteiger partial charge in [-0.05, 0) is 30.2 Å². The van der Waals surface area contributed by atoms with E-state index in [4.69, 9.17) is 16.3 Å². The Balaban J connectivity index is 1.72. The largest absolute Gasteiger partial charge is 0.507 e. The number of aryl methyl sites for hydroxylation is 1. The standard InChI is InChI=1S/C24H22ClN3O4/c1-32-19-9-8-17(14-18(19)25)22(29)20-21(16-6-3-2-4-7-16)28(24(31)23(20)30)12-5-11-27-13-10-26-15-27/h2-4,6-10,13-15,21,29H,5,11-12H2,1H3/b22-20-. The van der Waals surface area contributed by atoms with Crippen molar-refractivity contribution in [2.24, 2.45) is 0 Å². The zero-order valence-corrected chi connectivity index (χ0v) is 18.2. The van der Waals surface area contributed by atoms with E-state index in [9.17, 15) is 14.7 Å². The van der Waals surface area contributed by atoms with Gasteiger partial charge >= 0.3 is 0 Å². The van der Waals surface area contributed by atoms with E-state index in [0.717, 1.165) is 5.56 Å². The second-order valence-corrected chi connectivity index (χ2v) is 7.81. The predicted molar refractivity (Wildman–Crippen MR) is 120 cm³/mol. The fourth-order valence-electron chi connectivity index (χ4n) is 3.90. The van der Waals surface area contributed by atoms with E-state index in [1.807, 2.05) is 41.1 Å². The van der Waals surface area contributed by atoms with Crippen LogP contribution in [0.25, 0.3) is 5.76 Å². The summed E-state index contributed by atoms with van der Waals surface area (Å²) in [6.45, 7) is 1.00. The molecule has 2 aromatic carbocycles. The Morgan fingerprint density at radius 2 is 1.94 bits per heavy atom. The number of ether oxygens (including phenoxy) is 1. The topological polar surface area (TPSA) is 84.7 Å². The van der Waals surface area contributed by atoms with Gasteiger partial charge in [0.05, 0.1) is 30.1 Å². The van der Waals surface area contributed by atoms with Gasteiger partial charge in [-0.2, -0.15) is 0 Å². The lowest BCUT2D eigenvalue weighted by Crippen LogP contribution is -2.31. The summed E-state index contributed by atoms with van der Waals surface area (Å²) in [6.07, 6.45) is 5.86. The first kappa shape index (κ1) is 21.6. The smallest absolute Gasteiger partial charge is 0.295 e. The normalized spacial score (nSPS) is 17.7. The quantitative estimate of drug-likeness (QED) is 0.332. The number of carbonyl (C=O) groups excluding carboxylic acids is 2. The van der Waals surface area contributed by atoms with Crippen LogP contribution in [-0.4, -0.2) is 44.9 Å². The van der Waals surface area contributed by atoms with E-state index in [-0.39, 0.29) is 11.3 Å². The molecule has 7 nitrogen and oxygen atoms in total. The maximum atomic E-state index is 13.0. The second-order valence-electron chi connectivity index (χ2n) is 7.41. The molecule has 1 amide bonds. The highest BCUT2D eigenvalue weighted by Gasteiger charge is 2.45. The number of Topliss-reactive ketones (excluding diaryl/α,β-unsaturated/α-hetero) is 1. The summed E-state index contributed by atoms with van der Waals surface area (Å²) in [5, 5.41) is 11.4. The molecule has 0 spiro atoms. The summed E-state index contributed by atoms with van der Waals surface area (Å²) in [6, 6.07) is 13.3. The number of methoxy groups -OCH3 is 1. The number of benzene rings is 2. The van der Waals surface area contributed by atoms with Crippen molar-refractivity contribution in [2.75, 3.05) is 13.7 Å². The van der Waals surface area contributed by atoms with Crippen molar-refractivity contribution in [1.82, 2.24) is 14.5 Å². The van der Waals surface area contributed by atoms with Crippen molar-refractivity contribution >= 4 is 29.1 Å². The van der Waals surface area contributed by atoms with Crippen LogP contribution in [0.3, 0.4) is 0 Å². The first-order valence-electron chi connectivity index (χ1n) is 10.1. The monoisotopic (exact) mass is 451 g/mol. The molecule has 1 aromatic heterocycles. The van der Waals surface area contributed by atoms with Crippen LogP contribution < -0.4 is 4.74 Å². The van der Waals surface area contributed by atoms with Crippen molar-refractivity contribution in [1.29, 1.82) is 0 Å². The maximum Gasteiger partial charge on any atom is 0.295 e. The highest BCUT2D eigenvalue weighted by molar-refractivity contribution is 6.46. The molecule has 1 aliphatic rings. The van der Waals surface area contributed by atoms with E-state index in [2.05, 4.69) is 4.98 Å². The number of hydrogen-bond acceptors (Lipinski definition) is 5. The number of aromatic nitrogens is 2. The summed E-state index contributed by atoms with van der Waals surface area (Å²) < 4.78 is 7.07. The molecule has 8 heteroatoms. The van der Waals surface area contributed by atoms with Gasteiger partial charge in [-0.15, -0.1) is 0 Å². The number of imidazole rings is 1. The number of aliphatic hydroxyl groups is 1. The van der Waals surface area contributed by atoms with Crippen LogP contribution in [0.15, 0.2) is 72.8 Å². The number of nitrogens with zero attached hydrogens (tertiary/aromatic N) is 3. The molecule has 3 aromatic rings. The molecular weight excluding hydrogens is 430 g/mol. The number of amides is 1. The SMILES string of the molecule is COc1ccc(/C(O)=C2/C(=O)C(=O)N(CCCn3ccnc3)C2c2ccccc2)cc1Cl.